The second kappa shape index (κ2) is 6.77. The van der Waals surface area contributed by atoms with E-state index in [1.165, 1.54) is 0 Å². The zero-order valence-electron chi connectivity index (χ0n) is 13.8. The van der Waals surface area contributed by atoms with E-state index in [1.807, 2.05) is 13.0 Å². The minimum absolute atomic E-state index is 0.00142. The lowest BCUT2D eigenvalue weighted by atomic mass is 10.0. The first kappa shape index (κ1) is 16.3. The molecule has 0 saturated carbocycles. The summed E-state index contributed by atoms with van der Waals surface area (Å²) in [5, 5.41) is 2.96. The zero-order chi connectivity index (χ0) is 16.3. The molecule has 22 heavy (non-hydrogen) atoms. The third kappa shape index (κ3) is 2.65. The van der Waals surface area contributed by atoms with Crippen LogP contribution in [0.25, 0.3) is 6.08 Å². The molecule has 1 aromatic heterocycles. The molecule has 0 aromatic carbocycles. The molecule has 1 aromatic rings. The minimum atomic E-state index is 0.00142. The number of aldehydes is 1. The van der Waals surface area contributed by atoms with Crippen molar-refractivity contribution in [2.75, 3.05) is 0 Å². The first-order valence-corrected chi connectivity index (χ1v) is 8.05. The summed E-state index contributed by atoms with van der Waals surface area (Å²) < 4.78 is 0. The second-order valence-corrected chi connectivity index (χ2v) is 5.41. The van der Waals surface area contributed by atoms with E-state index in [-0.39, 0.29) is 5.91 Å². The van der Waals surface area contributed by atoms with Gasteiger partial charge in [-0.3, -0.25) is 9.59 Å². The van der Waals surface area contributed by atoms with Gasteiger partial charge in [-0.2, -0.15) is 0 Å². The van der Waals surface area contributed by atoms with Crippen LogP contribution >= 0.6 is 0 Å². The average Bonchev–Trinajstić information content (AvgIpc) is 3.02. The Kier molecular flexibility index (Phi) is 5.01. The molecule has 0 radical (unpaired) electrons. The van der Waals surface area contributed by atoms with E-state index in [0.29, 0.717) is 5.69 Å². The molecule has 0 unspecified atom stereocenters. The molecule has 0 bridgehead atoms. The molecule has 1 amide bonds. The lowest BCUT2D eigenvalue weighted by Gasteiger charge is -2.05. The standard InChI is InChI=1S/C18H24N2O2/c1-5-11-12(6-2)17(10-21)19-15(11)9-16-13(7-3)14(8-4)18(22)20-16/h9-10,19H,5-8H2,1-4H3,(H,20,22)/b16-9-. The summed E-state index contributed by atoms with van der Waals surface area (Å²) in [5.41, 5.74) is 6.62. The molecule has 0 saturated heterocycles. The summed E-state index contributed by atoms with van der Waals surface area (Å²) in [7, 11) is 0. The Morgan fingerprint density at radius 3 is 1.95 bits per heavy atom. The number of hydrogen-bond donors (Lipinski definition) is 2. The maximum atomic E-state index is 12.0. The first-order valence-electron chi connectivity index (χ1n) is 8.05. The Morgan fingerprint density at radius 1 is 0.864 bits per heavy atom. The third-order valence-electron chi connectivity index (χ3n) is 4.32. The van der Waals surface area contributed by atoms with Crippen LogP contribution in [0.5, 0.6) is 0 Å². The molecule has 2 rings (SSSR count). The van der Waals surface area contributed by atoms with Crippen molar-refractivity contribution in [1.82, 2.24) is 10.3 Å². The van der Waals surface area contributed by atoms with E-state index < -0.39 is 0 Å². The maximum Gasteiger partial charge on any atom is 0.251 e. The SMILES string of the molecule is CCC1=C(CC)/C(=C/c2[nH]c(C=O)c(CC)c2CC)NC1=O. The molecular weight excluding hydrogens is 276 g/mol. The Hall–Kier alpha value is -2.10. The molecule has 4 nitrogen and oxygen atoms in total. The normalized spacial score (nSPS) is 16.5. The van der Waals surface area contributed by atoms with Crippen LogP contribution in [0.15, 0.2) is 16.8 Å². The van der Waals surface area contributed by atoms with Gasteiger partial charge in [0.15, 0.2) is 6.29 Å². The van der Waals surface area contributed by atoms with Gasteiger partial charge >= 0.3 is 0 Å². The van der Waals surface area contributed by atoms with Crippen molar-refractivity contribution in [3.8, 4) is 0 Å². The molecule has 1 aliphatic heterocycles. The summed E-state index contributed by atoms with van der Waals surface area (Å²) in [6.07, 6.45) is 6.08. The fourth-order valence-electron chi connectivity index (χ4n) is 3.27. The zero-order valence-corrected chi connectivity index (χ0v) is 13.8. The van der Waals surface area contributed by atoms with Gasteiger partial charge in [0, 0.05) is 17.0 Å². The molecular formula is C18H24N2O2. The number of carbonyl (C=O) groups is 2. The number of allylic oxidation sites excluding steroid dienone is 1. The topological polar surface area (TPSA) is 62.0 Å². The van der Waals surface area contributed by atoms with Gasteiger partial charge in [0.2, 0.25) is 0 Å². The first-order chi connectivity index (χ1) is 10.6. The lowest BCUT2D eigenvalue weighted by molar-refractivity contribution is -0.116. The fraction of sp³-hybridized carbons (Fsp3) is 0.444. The van der Waals surface area contributed by atoms with Crippen LogP contribution in [0.1, 0.15) is 67.8 Å². The van der Waals surface area contributed by atoms with E-state index in [0.717, 1.165) is 65.6 Å². The number of amides is 1. The summed E-state index contributed by atoms with van der Waals surface area (Å²) in [6.45, 7) is 8.19. The number of carbonyl (C=O) groups excluding carboxylic acids is 2. The van der Waals surface area contributed by atoms with Crippen molar-refractivity contribution in [1.29, 1.82) is 0 Å². The van der Waals surface area contributed by atoms with Gasteiger partial charge in [0.25, 0.3) is 5.91 Å². The van der Waals surface area contributed by atoms with Crippen LogP contribution in [-0.4, -0.2) is 17.2 Å². The van der Waals surface area contributed by atoms with Crippen LogP contribution in [0, 0.1) is 0 Å². The molecule has 2 heterocycles. The quantitative estimate of drug-likeness (QED) is 0.789. The van der Waals surface area contributed by atoms with E-state index in [4.69, 9.17) is 0 Å². The highest BCUT2D eigenvalue weighted by molar-refractivity contribution is 6.01. The van der Waals surface area contributed by atoms with Gasteiger partial charge in [-0.1, -0.05) is 27.7 Å². The van der Waals surface area contributed by atoms with Crippen molar-refractivity contribution in [3.63, 3.8) is 0 Å². The number of hydrogen-bond acceptors (Lipinski definition) is 2. The van der Waals surface area contributed by atoms with Gasteiger partial charge in [-0.05, 0) is 48.5 Å². The van der Waals surface area contributed by atoms with Crippen molar-refractivity contribution in [2.45, 2.75) is 53.4 Å². The summed E-state index contributed by atoms with van der Waals surface area (Å²) in [6, 6.07) is 0. The van der Waals surface area contributed by atoms with Gasteiger partial charge in [-0.15, -0.1) is 0 Å². The van der Waals surface area contributed by atoms with Crippen LogP contribution in [-0.2, 0) is 17.6 Å². The Labute approximate surface area is 131 Å². The van der Waals surface area contributed by atoms with Crippen LogP contribution in [0.2, 0.25) is 0 Å². The molecule has 0 fully saturated rings. The van der Waals surface area contributed by atoms with E-state index in [2.05, 4.69) is 31.1 Å². The van der Waals surface area contributed by atoms with E-state index >= 15 is 0 Å². The summed E-state index contributed by atoms with van der Waals surface area (Å²) >= 11 is 0. The molecule has 1 aliphatic rings. The van der Waals surface area contributed by atoms with Gasteiger partial charge in [0.05, 0.1) is 5.69 Å². The Morgan fingerprint density at radius 2 is 1.45 bits per heavy atom. The van der Waals surface area contributed by atoms with Crippen LogP contribution in [0.4, 0.5) is 0 Å². The molecule has 118 valence electrons. The highest BCUT2D eigenvalue weighted by atomic mass is 16.2. The lowest BCUT2D eigenvalue weighted by Crippen LogP contribution is -2.16. The average molecular weight is 300 g/mol. The fourth-order valence-corrected chi connectivity index (χ4v) is 3.27. The smallest absolute Gasteiger partial charge is 0.251 e. The number of aromatic amines is 1. The number of rotatable bonds is 6. The highest BCUT2D eigenvalue weighted by Gasteiger charge is 2.25. The predicted molar refractivity (Wildman–Crippen MR) is 88.7 cm³/mol. The number of aromatic nitrogens is 1. The molecule has 4 heteroatoms. The van der Waals surface area contributed by atoms with Crippen molar-refractivity contribution in [3.05, 3.63) is 39.4 Å². The minimum Gasteiger partial charge on any atom is -0.352 e. The largest absolute Gasteiger partial charge is 0.352 e. The van der Waals surface area contributed by atoms with Crippen LogP contribution in [0.3, 0.4) is 0 Å². The van der Waals surface area contributed by atoms with Gasteiger partial charge < -0.3 is 10.3 Å². The maximum absolute atomic E-state index is 12.0. The Bertz CT molecular complexity index is 663. The molecule has 2 N–H and O–H groups in total. The number of H-pyrrole nitrogens is 1. The summed E-state index contributed by atoms with van der Waals surface area (Å²) in [5.74, 6) is 0.00142. The monoisotopic (exact) mass is 300 g/mol. The van der Waals surface area contributed by atoms with Gasteiger partial charge in [0.1, 0.15) is 0 Å². The van der Waals surface area contributed by atoms with E-state index in [1.54, 1.807) is 0 Å². The highest BCUT2D eigenvalue weighted by Crippen LogP contribution is 2.29. The Balaban J connectivity index is 2.54. The second-order valence-electron chi connectivity index (χ2n) is 5.41. The van der Waals surface area contributed by atoms with Crippen molar-refractivity contribution in [2.24, 2.45) is 0 Å². The molecule has 0 spiro atoms. The van der Waals surface area contributed by atoms with Crippen molar-refractivity contribution >= 4 is 18.3 Å². The molecule has 0 atom stereocenters. The molecule has 0 aliphatic carbocycles. The predicted octanol–water partition coefficient (Wildman–Crippen LogP) is 3.54. The third-order valence-corrected chi connectivity index (χ3v) is 4.32. The van der Waals surface area contributed by atoms with Gasteiger partial charge in [-0.25, -0.2) is 0 Å². The summed E-state index contributed by atoms with van der Waals surface area (Å²) in [4.78, 5) is 26.5. The van der Waals surface area contributed by atoms with E-state index in [9.17, 15) is 9.59 Å². The van der Waals surface area contributed by atoms with Crippen molar-refractivity contribution < 1.29 is 9.59 Å². The van der Waals surface area contributed by atoms with Crippen LogP contribution < -0.4 is 5.32 Å². The number of nitrogens with one attached hydrogen (secondary N) is 2.